The minimum absolute atomic E-state index is 0.0949. The number of benzene rings is 1. The quantitative estimate of drug-likeness (QED) is 0.496. The van der Waals surface area contributed by atoms with Gasteiger partial charge in [-0.25, -0.2) is 19.4 Å². The number of piperazine rings is 1. The molecule has 37 heavy (non-hydrogen) atoms. The summed E-state index contributed by atoms with van der Waals surface area (Å²) in [5, 5.41) is 12.5. The van der Waals surface area contributed by atoms with Crippen molar-refractivity contribution in [2.45, 2.75) is 58.2 Å². The largest absolute Gasteiger partial charge is 0.363 e. The number of carbonyl (C=O) groups excluding carboxylic acids is 1. The highest BCUT2D eigenvalue weighted by atomic mass is 32.1. The van der Waals surface area contributed by atoms with Crippen molar-refractivity contribution in [3.8, 4) is 6.07 Å². The minimum Gasteiger partial charge on any atom is -0.363 e. The zero-order chi connectivity index (χ0) is 26.3. The van der Waals surface area contributed by atoms with E-state index >= 15 is 4.39 Å². The van der Waals surface area contributed by atoms with Gasteiger partial charge < -0.3 is 4.90 Å². The lowest BCUT2D eigenvalue weighted by molar-refractivity contribution is -0.135. The van der Waals surface area contributed by atoms with E-state index in [1.807, 2.05) is 24.4 Å². The lowest BCUT2D eigenvalue weighted by Crippen LogP contribution is -2.59. The number of fused-ring (bicyclic) bond motifs is 2. The Kier molecular flexibility index (Phi) is 6.91. The zero-order valence-corrected chi connectivity index (χ0v) is 22.4. The fraction of sp³-hybridized carbons (Fsp3) is 0.429. The van der Waals surface area contributed by atoms with Gasteiger partial charge in [0.15, 0.2) is 0 Å². The number of likely N-dealkylation sites (N-methyl/N-ethyl adjacent to an activating group) is 1. The molecule has 0 aliphatic carbocycles. The second-order valence-electron chi connectivity index (χ2n) is 9.73. The van der Waals surface area contributed by atoms with Crippen molar-refractivity contribution in [3.63, 3.8) is 0 Å². The molecule has 1 aromatic heterocycles. The predicted octanol–water partition coefficient (Wildman–Crippen LogP) is 5.09. The molecule has 192 valence electrons. The maximum Gasteiger partial charge on any atom is 0.267 e. The van der Waals surface area contributed by atoms with Gasteiger partial charge in [-0.3, -0.25) is 9.69 Å². The third kappa shape index (κ3) is 4.36. The minimum atomic E-state index is -0.172. The van der Waals surface area contributed by atoms with Gasteiger partial charge in [-0.05, 0) is 37.5 Å². The zero-order valence-electron chi connectivity index (χ0n) is 21.6. The molecule has 1 fully saturated rings. The number of hydrogen-bond donors (Lipinski definition) is 0. The summed E-state index contributed by atoms with van der Waals surface area (Å²) in [7, 11) is 1.73. The molecule has 0 N–H and O–H groups in total. The summed E-state index contributed by atoms with van der Waals surface area (Å²) in [6.45, 7) is 7.88. The Morgan fingerprint density at radius 1 is 1.27 bits per heavy atom. The Hall–Kier alpha value is -3.44. The molecule has 1 unspecified atom stereocenters. The van der Waals surface area contributed by atoms with Crippen LogP contribution in [-0.4, -0.2) is 62.9 Å². The van der Waals surface area contributed by atoms with Crippen molar-refractivity contribution in [1.29, 1.82) is 5.26 Å². The molecule has 3 atom stereocenters. The number of hydrazine groups is 1. The molecule has 4 heterocycles. The van der Waals surface area contributed by atoms with Crippen LogP contribution in [0.4, 0.5) is 4.39 Å². The lowest BCUT2D eigenvalue weighted by Gasteiger charge is -2.51. The van der Waals surface area contributed by atoms with Gasteiger partial charge in [-0.1, -0.05) is 25.6 Å². The molecule has 1 amide bonds. The average Bonchev–Trinajstić information content (AvgIpc) is 3.40. The van der Waals surface area contributed by atoms with E-state index in [2.05, 4.69) is 47.4 Å². The van der Waals surface area contributed by atoms with Gasteiger partial charge >= 0.3 is 0 Å². The van der Waals surface area contributed by atoms with Gasteiger partial charge in [-0.15, -0.1) is 11.3 Å². The van der Waals surface area contributed by atoms with Crippen LogP contribution >= 0.6 is 11.3 Å². The van der Waals surface area contributed by atoms with Crippen molar-refractivity contribution in [1.82, 2.24) is 24.8 Å². The third-order valence-corrected chi connectivity index (χ3v) is 8.58. The van der Waals surface area contributed by atoms with Crippen LogP contribution in [0.1, 0.15) is 51.6 Å². The average molecular weight is 519 g/mol. The van der Waals surface area contributed by atoms with Gasteiger partial charge in [-0.2, -0.15) is 5.26 Å². The van der Waals surface area contributed by atoms with Crippen LogP contribution in [0.2, 0.25) is 0 Å². The van der Waals surface area contributed by atoms with Gasteiger partial charge in [0.2, 0.25) is 0 Å². The molecule has 2 aromatic rings. The molecule has 0 bridgehead atoms. The Morgan fingerprint density at radius 3 is 2.78 bits per heavy atom. The third-order valence-electron chi connectivity index (χ3n) is 7.75. The number of aromatic nitrogens is 1. The summed E-state index contributed by atoms with van der Waals surface area (Å²) >= 11 is 1.34. The number of rotatable bonds is 6. The molecule has 1 aromatic carbocycles. The number of nitriles is 1. The molecule has 0 radical (unpaired) electrons. The van der Waals surface area contributed by atoms with E-state index in [0.717, 1.165) is 42.9 Å². The molecule has 1 saturated heterocycles. The summed E-state index contributed by atoms with van der Waals surface area (Å²) in [5.41, 5.74) is 8.89. The van der Waals surface area contributed by atoms with Crippen LogP contribution in [0.5, 0.6) is 0 Å². The predicted molar refractivity (Wildman–Crippen MR) is 142 cm³/mol. The Labute approximate surface area is 221 Å². The molecule has 0 spiro atoms. The van der Waals surface area contributed by atoms with Gasteiger partial charge in [0.05, 0.1) is 33.9 Å². The van der Waals surface area contributed by atoms with Crippen molar-refractivity contribution < 1.29 is 9.18 Å². The van der Waals surface area contributed by atoms with Crippen molar-refractivity contribution in [3.05, 3.63) is 70.1 Å². The van der Waals surface area contributed by atoms with E-state index in [0.29, 0.717) is 15.8 Å². The number of amides is 1. The van der Waals surface area contributed by atoms with Crippen molar-refractivity contribution in [2.24, 2.45) is 0 Å². The number of carbonyl (C=O) groups is 1. The van der Waals surface area contributed by atoms with E-state index < -0.39 is 0 Å². The van der Waals surface area contributed by atoms with Crippen LogP contribution in [0, 0.1) is 17.1 Å². The highest BCUT2D eigenvalue weighted by Gasteiger charge is 2.40. The number of nitrogens with zero attached hydrogens (tertiary/aromatic N) is 6. The smallest absolute Gasteiger partial charge is 0.267 e. The first kappa shape index (κ1) is 25.2. The number of allylic oxidation sites excluding steroid dienone is 1. The molecule has 9 heteroatoms. The normalized spacial score (nSPS) is 23.0. The van der Waals surface area contributed by atoms with E-state index in [9.17, 15) is 4.79 Å². The summed E-state index contributed by atoms with van der Waals surface area (Å²) in [6.07, 6.45) is 7.41. The summed E-state index contributed by atoms with van der Waals surface area (Å²) in [4.78, 5) is 22.0. The summed E-state index contributed by atoms with van der Waals surface area (Å²) < 4.78 is 16.1. The SMILES string of the molecule is CC[C@H]1CN(C(C)c2ccc3ncsc3c2F)[C@H](CC)CN1C1=CC(=O)N(C)N2C=C(CC#N)C=C=C12. The highest BCUT2D eigenvalue weighted by molar-refractivity contribution is 7.16. The van der Waals surface area contributed by atoms with E-state index in [1.54, 1.807) is 28.7 Å². The second kappa shape index (κ2) is 10.1. The van der Waals surface area contributed by atoms with Crippen LogP contribution in [-0.2, 0) is 4.79 Å². The Balaban J connectivity index is 1.47. The van der Waals surface area contributed by atoms with Crippen LogP contribution in [0.15, 0.2) is 58.7 Å². The summed E-state index contributed by atoms with van der Waals surface area (Å²) in [6, 6.07) is 6.18. The second-order valence-corrected chi connectivity index (χ2v) is 10.6. The molecule has 5 rings (SSSR count). The number of halogens is 1. The highest BCUT2D eigenvalue weighted by Crippen LogP contribution is 2.37. The fourth-order valence-electron chi connectivity index (χ4n) is 5.57. The Morgan fingerprint density at radius 2 is 2.05 bits per heavy atom. The molecule has 7 nitrogen and oxygen atoms in total. The monoisotopic (exact) mass is 518 g/mol. The molecular formula is C28H31FN6OS. The first-order chi connectivity index (χ1) is 17.9. The number of thiazole rings is 1. The molecular weight excluding hydrogens is 487 g/mol. The maximum absolute atomic E-state index is 15.5. The van der Waals surface area contributed by atoms with E-state index in [1.165, 1.54) is 11.3 Å². The summed E-state index contributed by atoms with van der Waals surface area (Å²) in [5.74, 6) is -0.289. The van der Waals surface area contributed by atoms with Gasteiger partial charge in [0.25, 0.3) is 5.91 Å². The van der Waals surface area contributed by atoms with Crippen LogP contribution in [0.3, 0.4) is 0 Å². The first-order valence-corrected chi connectivity index (χ1v) is 13.6. The van der Waals surface area contributed by atoms with E-state index in [-0.39, 0.29) is 36.3 Å². The van der Waals surface area contributed by atoms with Crippen LogP contribution in [0.25, 0.3) is 10.2 Å². The maximum atomic E-state index is 15.5. The lowest BCUT2D eigenvalue weighted by atomic mass is 9.95. The van der Waals surface area contributed by atoms with Crippen molar-refractivity contribution in [2.75, 3.05) is 20.1 Å². The van der Waals surface area contributed by atoms with Gasteiger partial charge in [0.1, 0.15) is 11.5 Å². The molecule has 3 aliphatic rings. The van der Waals surface area contributed by atoms with E-state index in [4.69, 9.17) is 5.26 Å². The topological polar surface area (TPSA) is 66.7 Å². The van der Waals surface area contributed by atoms with Crippen molar-refractivity contribution >= 4 is 27.5 Å². The molecule has 3 aliphatic heterocycles. The first-order valence-electron chi connectivity index (χ1n) is 12.7. The standard InChI is InChI=1S/C28H31FN6OS/c1-5-20-16-34(25-13-26(36)32(4)35-14-19(11-12-30)7-10-24(25)35)21(6-2)15-33(20)18(3)22-8-9-23-28(27(22)29)37-17-31-23/h7-9,13-14,17-18,20-21H,5-6,11,15-16H2,1-4H3/t18?,20-,21+/m1/s1. The van der Waals surface area contributed by atoms with Gasteiger partial charge in [0, 0.05) is 56.1 Å². The Bertz CT molecular complexity index is 1400. The van der Waals surface area contributed by atoms with Crippen LogP contribution < -0.4 is 0 Å². The fourth-order valence-corrected chi connectivity index (χ4v) is 6.31. The number of hydrogen-bond acceptors (Lipinski definition) is 7. The molecule has 0 saturated carbocycles.